The van der Waals surface area contributed by atoms with Crippen molar-refractivity contribution in [1.82, 2.24) is 0 Å². The van der Waals surface area contributed by atoms with Crippen LogP contribution in [-0.4, -0.2) is 50.3 Å². The number of ether oxygens (including phenoxy) is 3. The maximum absolute atomic E-state index is 12.9. The molecule has 0 radical (unpaired) electrons. The number of methoxy groups -OCH3 is 3. The van der Waals surface area contributed by atoms with Crippen LogP contribution in [0.1, 0.15) is 18.4 Å². The summed E-state index contributed by atoms with van der Waals surface area (Å²) < 4.78 is 14.2. The van der Waals surface area contributed by atoms with Crippen molar-refractivity contribution < 1.29 is 33.7 Å². The Labute approximate surface area is 156 Å². The number of rotatable bonds is 7. The van der Waals surface area contributed by atoms with Crippen LogP contribution in [0.3, 0.4) is 0 Å². The molecule has 2 aromatic carbocycles. The van der Waals surface area contributed by atoms with Crippen molar-refractivity contribution in [1.29, 1.82) is 0 Å². The van der Waals surface area contributed by atoms with E-state index < -0.39 is 35.7 Å². The average molecular weight is 374 g/mol. The Morgan fingerprint density at radius 2 is 1.48 bits per heavy atom. The van der Waals surface area contributed by atoms with Gasteiger partial charge >= 0.3 is 11.9 Å². The van der Waals surface area contributed by atoms with Gasteiger partial charge in [-0.2, -0.15) is 0 Å². The van der Waals surface area contributed by atoms with Gasteiger partial charge in [-0.1, -0.05) is 31.2 Å². The van der Waals surface area contributed by atoms with E-state index in [9.17, 15) is 19.5 Å². The SMILES string of the molecule is COC(=O)C(O)[C@@H](C(=O)OC)C(=O)C(C)c1ccc2cc(OC)ccc2c1. The third-order valence-corrected chi connectivity index (χ3v) is 4.52. The Bertz CT molecular complexity index is 859. The number of fused-ring (bicyclic) bond motifs is 1. The minimum absolute atomic E-state index is 0.632. The van der Waals surface area contributed by atoms with Crippen molar-refractivity contribution in [2.75, 3.05) is 21.3 Å². The van der Waals surface area contributed by atoms with E-state index in [0.29, 0.717) is 11.3 Å². The normalized spacial score (nSPS) is 14.1. The summed E-state index contributed by atoms with van der Waals surface area (Å²) in [6, 6.07) is 10.9. The minimum atomic E-state index is -1.93. The maximum Gasteiger partial charge on any atom is 0.336 e. The number of hydrogen-bond acceptors (Lipinski definition) is 7. The van der Waals surface area contributed by atoms with Crippen LogP contribution in [-0.2, 0) is 23.9 Å². The highest BCUT2D eigenvalue weighted by atomic mass is 16.5. The molecule has 0 saturated carbocycles. The highest BCUT2D eigenvalue weighted by Crippen LogP contribution is 2.28. The lowest BCUT2D eigenvalue weighted by molar-refractivity contribution is -0.166. The summed E-state index contributed by atoms with van der Waals surface area (Å²) in [7, 11) is 3.72. The third kappa shape index (κ3) is 4.25. The first kappa shape index (κ1) is 20.4. The van der Waals surface area contributed by atoms with Gasteiger partial charge in [-0.05, 0) is 28.5 Å². The van der Waals surface area contributed by atoms with Gasteiger partial charge in [0.2, 0.25) is 0 Å². The van der Waals surface area contributed by atoms with Crippen LogP contribution in [0.15, 0.2) is 36.4 Å². The van der Waals surface area contributed by atoms with E-state index in [1.165, 1.54) is 0 Å². The lowest BCUT2D eigenvalue weighted by atomic mass is 9.85. The van der Waals surface area contributed by atoms with Gasteiger partial charge in [-0.25, -0.2) is 4.79 Å². The molecular weight excluding hydrogens is 352 g/mol. The number of Topliss-reactive ketones (excluding diaryl/α,β-unsaturated/α-hetero) is 1. The fourth-order valence-corrected chi connectivity index (χ4v) is 2.86. The molecular formula is C20H22O7. The van der Waals surface area contributed by atoms with Gasteiger partial charge in [-0.3, -0.25) is 9.59 Å². The van der Waals surface area contributed by atoms with Crippen molar-refractivity contribution in [2.45, 2.75) is 18.9 Å². The van der Waals surface area contributed by atoms with Crippen molar-refractivity contribution >= 4 is 28.5 Å². The number of esters is 2. The fourth-order valence-electron chi connectivity index (χ4n) is 2.86. The second kappa shape index (κ2) is 8.64. The fraction of sp³-hybridized carbons (Fsp3) is 0.350. The summed E-state index contributed by atoms with van der Waals surface area (Å²) in [5.74, 6) is -4.39. The summed E-state index contributed by atoms with van der Waals surface area (Å²) in [6.07, 6.45) is -1.93. The molecule has 0 heterocycles. The number of carbonyl (C=O) groups is 3. The summed E-state index contributed by atoms with van der Waals surface area (Å²) in [5, 5.41) is 11.9. The molecule has 0 saturated heterocycles. The molecule has 7 heteroatoms. The standard InChI is InChI=1S/C20H22O7/c1-11(17(21)16(19(23)26-3)18(22)20(24)27-4)12-5-6-14-10-15(25-2)8-7-13(14)9-12/h5-11,16,18,22H,1-4H3/t11?,16-,18?/m0/s1. The number of aliphatic hydroxyl groups excluding tert-OH is 1. The minimum Gasteiger partial charge on any atom is -0.497 e. The maximum atomic E-state index is 12.9. The van der Waals surface area contributed by atoms with E-state index in [1.54, 1.807) is 26.2 Å². The van der Waals surface area contributed by atoms with Crippen molar-refractivity contribution in [2.24, 2.45) is 5.92 Å². The quantitative estimate of drug-likeness (QED) is 0.583. The predicted octanol–water partition coefficient (Wildman–Crippen LogP) is 1.84. The van der Waals surface area contributed by atoms with E-state index in [1.807, 2.05) is 24.3 Å². The number of benzene rings is 2. The first-order valence-corrected chi connectivity index (χ1v) is 8.29. The van der Waals surface area contributed by atoms with Gasteiger partial charge in [-0.15, -0.1) is 0 Å². The molecule has 0 fully saturated rings. The largest absolute Gasteiger partial charge is 0.497 e. The summed E-state index contributed by atoms with van der Waals surface area (Å²) in [4.78, 5) is 36.5. The van der Waals surface area contributed by atoms with Gasteiger partial charge in [0.05, 0.1) is 21.3 Å². The number of aliphatic hydroxyl groups is 1. The van der Waals surface area contributed by atoms with E-state index in [4.69, 9.17) is 4.74 Å². The molecule has 0 aliphatic rings. The number of carbonyl (C=O) groups excluding carboxylic acids is 3. The second-order valence-corrected chi connectivity index (χ2v) is 6.07. The second-order valence-electron chi connectivity index (χ2n) is 6.07. The molecule has 3 atom stereocenters. The molecule has 7 nitrogen and oxygen atoms in total. The summed E-state index contributed by atoms with van der Waals surface area (Å²) in [6.45, 7) is 1.60. The first-order valence-electron chi connectivity index (χ1n) is 8.29. The van der Waals surface area contributed by atoms with Crippen LogP contribution in [0.2, 0.25) is 0 Å². The first-order chi connectivity index (χ1) is 12.8. The molecule has 2 rings (SSSR count). The van der Waals surface area contributed by atoms with Gasteiger partial charge in [0, 0.05) is 5.92 Å². The van der Waals surface area contributed by atoms with E-state index in [0.717, 1.165) is 25.0 Å². The molecule has 0 aliphatic heterocycles. The van der Waals surface area contributed by atoms with Gasteiger partial charge in [0.15, 0.2) is 17.8 Å². The highest BCUT2D eigenvalue weighted by Gasteiger charge is 2.41. The third-order valence-electron chi connectivity index (χ3n) is 4.52. The molecule has 27 heavy (non-hydrogen) atoms. The lowest BCUT2D eigenvalue weighted by Gasteiger charge is -2.21. The summed E-state index contributed by atoms with van der Waals surface area (Å²) >= 11 is 0. The Balaban J connectivity index is 2.36. The predicted molar refractivity (Wildman–Crippen MR) is 97.5 cm³/mol. The molecule has 144 valence electrons. The van der Waals surface area contributed by atoms with Crippen molar-refractivity contribution in [3.05, 3.63) is 42.0 Å². The Kier molecular flexibility index (Phi) is 6.52. The van der Waals surface area contributed by atoms with Gasteiger partial charge in [0.25, 0.3) is 0 Å². The molecule has 0 amide bonds. The Morgan fingerprint density at radius 3 is 2.07 bits per heavy atom. The molecule has 2 aromatic rings. The number of ketones is 1. The van der Waals surface area contributed by atoms with Crippen molar-refractivity contribution in [3.63, 3.8) is 0 Å². The molecule has 1 N–H and O–H groups in total. The van der Waals surface area contributed by atoms with E-state index >= 15 is 0 Å². The van der Waals surface area contributed by atoms with Crippen LogP contribution in [0.5, 0.6) is 5.75 Å². The topological polar surface area (TPSA) is 99.1 Å². The Morgan fingerprint density at radius 1 is 0.889 bits per heavy atom. The van der Waals surface area contributed by atoms with Crippen LogP contribution in [0.4, 0.5) is 0 Å². The smallest absolute Gasteiger partial charge is 0.336 e. The summed E-state index contributed by atoms with van der Waals surface area (Å²) in [5.41, 5.74) is 0.642. The zero-order valence-corrected chi connectivity index (χ0v) is 15.6. The van der Waals surface area contributed by atoms with Crippen LogP contribution >= 0.6 is 0 Å². The zero-order valence-electron chi connectivity index (χ0n) is 15.6. The van der Waals surface area contributed by atoms with Gasteiger partial charge < -0.3 is 19.3 Å². The molecule has 2 unspecified atom stereocenters. The van der Waals surface area contributed by atoms with E-state index in [2.05, 4.69) is 9.47 Å². The Hall–Kier alpha value is -2.93. The van der Waals surface area contributed by atoms with Crippen molar-refractivity contribution in [3.8, 4) is 5.75 Å². The molecule has 0 bridgehead atoms. The van der Waals surface area contributed by atoms with Crippen LogP contribution in [0.25, 0.3) is 10.8 Å². The lowest BCUT2D eigenvalue weighted by Crippen LogP contribution is -2.43. The zero-order chi connectivity index (χ0) is 20.1. The monoisotopic (exact) mass is 374 g/mol. The highest BCUT2D eigenvalue weighted by molar-refractivity contribution is 6.06. The average Bonchev–Trinajstić information content (AvgIpc) is 2.71. The van der Waals surface area contributed by atoms with Crippen LogP contribution < -0.4 is 4.74 Å². The van der Waals surface area contributed by atoms with Gasteiger partial charge in [0.1, 0.15) is 5.75 Å². The molecule has 0 aromatic heterocycles. The van der Waals surface area contributed by atoms with E-state index in [-0.39, 0.29) is 0 Å². The van der Waals surface area contributed by atoms with Crippen LogP contribution in [0, 0.1) is 5.92 Å². The molecule has 0 spiro atoms. The molecule has 0 aliphatic carbocycles. The number of hydrogen-bond donors (Lipinski definition) is 1.